The summed E-state index contributed by atoms with van der Waals surface area (Å²) in [5, 5.41) is 6.63. The number of carbonyl (C=O) groups excluding carboxylic acids is 1. The van der Waals surface area contributed by atoms with E-state index >= 15 is 0 Å². The molecule has 1 amide bonds. The first-order valence-corrected chi connectivity index (χ1v) is 10.8. The summed E-state index contributed by atoms with van der Waals surface area (Å²) in [5.74, 6) is 0.943. The number of amides is 1. The van der Waals surface area contributed by atoms with Gasteiger partial charge in [-0.25, -0.2) is 0 Å². The molecule has 160 valence electrons. The molecule has 0 atom stereocenters. The van der Waals surface area contributed by atoms with Gasteiger partial charge in [-0.2, -0.15) is 0 Å². The van der Waals surface area contributed by atoms with Crippen molar-refractivity contribution in [3.8, 4) is 11.5 Å². The van der Waals surface area contributed by atoms with Crippen molar-refractivity contribution in [3.05, 3.63) is 83.9 Å². The molecule has 0 heterocycles. The molecule has 0 unspecified atom stereocenters. The second kappa shape index (κ2) is 11.7. The Balaban J connectivity index is 1.48. The van der Waals surface area contributed by atoms with Gasteiger partial charge in [0.1, 0.15) is 6.61 Å². The minimum Gasteiger partial charge on any atom is -0.493 e. The number of rotatable bonds is 10. The largest absolute Gasteiger partial charge is 0.493 e. The number of ether oxygens (including phenoxy) is 2. The Morgan fingerprint density at radius 1 is 1.03 bits per heavy atom. The predicted octanol–water partition coefficient (Wildman–Crippen LogP) is 4.99. The first kappa shape index (κ1) is 22.2. The fourth-order valence-corrected chi connectivity index (χ4v) is 3.09. The molecular formula is C24H24N2O4S. The number of benzene rings is 3. The molecule has 3 aromatic carbocycles. The molecule has 0 spiro atoms. The zero-order valence-electron chi connectivity index (χ0n) is 17.4. The van der Waals surface area contributed by atoms with Gasteiger partial charge in [0.05, 0.1) is 13.3 Å². The third kappa shape index (κ3) is 7.08. The summed E-state index contributed by atoms with van der Waals surface area (Å²) < 4.78 is 11.3. The van der Waals surface area contributed by atoms with Crippen molar-refractivity contribution >= 4 is 29.6 Å². The summed E-state index contributed by atoms with van der Waals surface area (Å²) in [5.41, 5.74) is 2.55. The number of hydrogen-bond donors (Lipinski definition) is 1. The zero-order chi connectivity index (χ0) is 21.9. The highest BCUT2D eigenvalue weighted by atomic mass is 32.2. The standard InChI is InChI=1S/C24H24N2O4S/c1-28-23-14-19(8-13-22(23)29-16-18-6-4-3-5-7-18)15-25-30-17-24(27)26-20-9-11-21(31-2)12-10-20/h3-15H,16-17H2,1-2H3,(H,26,27)/b25-15+. The number of anilines is 1. The number of hydrogen-bond acceptors (Lipinski definition) is 6. The van der Waals surface area contributed by atoms with E-state index in [1.54, 1.807) is 24.9 Å². The summed E-state index contributed by atoms with van der Waals surface area (Å²) in [6.45, 7) is 0.263. The lowest BCUT2D eigenvalue weighted by atomic mass is 10.2. The van der Waals surface area contributed by atoms with E-state index < -0.39 is 0 Å². The molecule has 0 saturated heterocycles. The van der Waals surface area contributed by atoms with Crippen LogP contribution in [0.2, 0.25) is 0 Å². The fourth-order valence-electron chi connectivity index (χ4n) is 2.68. The van der Waals surface area contributed by atoms with Gasteiger partial charge in [-0.15, -0.1) is 11.8 Å². The van der Waals surface area contributed by atoms with Crippen LogP contribution >= 0.6 is 11.8 Å². The molecule has 0 aliphatic carbocycles. The van der Waals surface area contributed by atoms with Crippen LogP contribution in [0.15, 0.2) is 82.8 Å². The average Bonchev–Trinajstić information content (AvgIpc) is 2.82. The van der Waals surface area contributed by atoms with Crippen LogP contribution in [0, 0.1) is 0 Å². The van der Waals surface area contributed by atoms with Gasteiger partial charge in [0.15, 0.2) is 18.1 Å². The van der Waals surface area contributed by atoms with E-state index in [9.17, 15) is 4.79 Å². The van der Waals surface area contributed by atoms with Crippen LogP contribution in [0.25, 0.3) is 0 Å². The van der Waals surface area contributed by atoms with Crippen molar-refractivity contribution in [2.24, 2.45) is 5.16 Å². The zero-order valence-corrected chi connectivity index (χ0v) is 18.2. The average molecular weight is 437 g/mol. The van der Waals surface area contributed by atoms with Gasteiger partial charge in [-0.3, -0.25) is 4.79 Å². The second-order valence-corrected chi connectivity index (χ2v) is 7.35. The van der Waals surface area contributed by atoms with Gasteiger partial charge in [0, 0.05) is 16.1 Å². The topological polar surface area (TPSA) is 69.2 Å². The highest BCUT2D eigenvalue weighted by Crippen LogP contribution is 2.28. The lowest BCUT2D eigenvalue weighted by Crippen LogP contribution is -2.16. The maximum absolute atomic E-state index is 12.0. The number of thioether (sulfide) groups is 1. The first-order chi connectivity index (χ1) is 15.2. The quantitative estimate of drug-likeness (QED) is 0.276. The van der Waals surface area contributed by atoms with Crippen molar-refractivity contribution in [2.75, 3.05) is 25.3 Å². The predicted molar refractivity (Wildman–Crippen MR) is 124 cm³/mol. The molecular weight excluding hydrogens is 412 g/mol. The monoisotopic (exact) mass is 436 g/mol. The van der Waals surface area contributed by atoms with Crippen molar-refractivity contribution < 1.29 is 19.1 Å². The van der Waals surface area contributed by atoms with E-state index in [-0.39, 0.29) is 12.5 Å². The normalized spacial score (nSPS) is 10.6. The Morgan fingerprint density at radius 2 is 1.81 bits per heavy atom. The SMILES string of the molecule is COc1cc(/C=N/OCC(=O)Nc2ccc(SC)cc2)ccc1OCc1ccccc1. The third-order valence-electron chi connectivity index (χ3n) is 4.27. The minimum absolute atomic E-state index is 0.184. The highest BCUT2D eigenvalue weighted by molar-refractivity contribution is 7.98. The summed E-state index contributed by atoms with van der Waals surface area (Å²) in [6.07, 6.45) is 3.52. The summed E-state index contributed by atoms with van der Waals surface area (Å²) in [4.78, 5) is 18.2. The molecule has 3 rings (SSSR count). The van der Waals surface area contributed by atoms with Crippen LogP contribution in [-0.2, 0) is 16.2 Å². The molecule has 3 aromatic rings. The van der Waals surface area contributed by atoms with E-state index in [1.165, 1.54) is 6.21 Å². The third-order valence-corrected chi connectivity index (χ3v) is 5.01. The van der Waals surface area contributed by atoms with Crippen molar-refractivity contribution in [1.29, 1.82) is 0 Å². The molecule has 6 nitrogen and oxygen atoms in total. The summed E-state index contributed by atoms with van der Waals surface area (Å²) in [6, 6.07) is 22.9. The molecule has 0 aliphatic heterocycles. The van der Waals surface area contributed by atoms with Crippen LogP contribution in [-0.4, -0.2) is 32.1 Å². The van der Waals surface area contributed by atoms with Crippen molar-refractivity contribution in [2.45, 2.75) is 11.5 Å². The number of oxime groups is 1. The Bertz CT molecular complexity index is 1010. The van der Waals surface area contributed by atoms with Crippen LogP contribution in [0.5, 0.6) is 11.5 Å². The van der Waals surface area contributed by atoms with Crippen LogP contribution in [0.4, 0.5) is 5.69 Å². The lowest BCUT2D eigenvalue weighted by molar-refractivity contribution is -0.120. The van der Waals surface area contributed by atoms with Gasteiger partial charge >= 0.3 is 0 Å². The molecule has 0 aliphatic rings. The van der Waals surface area contributed by atoms with Gasteiger partial charge in [0.25, 0.3) is 5.91 Å². The second-order valence-electron chi connectivity index (χ2n) is 6.47. The first-order valence-electron chi connectivity index (χ1n) is 9.62. The molecule has 7 heteroatoms. The molecule has 1 N–H and O–H groups in total. The molecule has 0 aromatic heterocycles. The van der Waals surface area contributed by atoms with E-state index in [0.717, 1.165) is 16.0 Å². The van der Waals surface area contributed by atoms with Gasteiger partial charge in [0.2, 0.25) is 0 Å². The van der Waals surface area contributed by atoms with Crippen LogP contribution < -0.4 is 14.8 Å². The van der Waals surface area contributed by atoms with Crippen molar-refractivity contribution in [3.63, 3.8) is 0 Å². The number of methoxy groups -OCH3 is 1. The molecule has 31 heavy (non-hydrogen) atoms. The van der Waals surface area contributed by atoms with E-state index in [2.05, 4.69) is 10.5 Å². The summed E-state index contributed by atoms with van der Waals surface area (Å²) in [7, 11) is 1.58. The van der Waals surface area contributed by atoms with E-state index in [1.807, 2.05) is 73.0 Å². The Kier molecular flexibility index (Phi) is 8.37. The molecule has 0 saturated carbocycles. The van der Waals surface area contributed by atoms with E-state index in [4.69, 9.17) is 14.3 Å². The van der Waals surface area contributed by atoms with E-state index in [0.29, 0.717) is 23.8 Å². The van der Waals surface area contributed by atoms with Gasteiger partial charge in [-0.05, 0) is 54.3 Å². The fraction of sp³-hybridized carbons (Fsp3) is 0.167. The molecule has 0 radical (unpaired) electrons. The van der Waals surface area contributed by atoms with Gasteiger partial charge < -0.3 is 19.6 Å². The smallest absolute Gasteiger partial charge is 0.265 e. The maximum atomic E-state index is 12.0. The maximum Gasteiger partial charge on any atom is 0.265 e. The summed E-state index contributed by atoms with van der Waals surface area (Å²) >= 11 is 1.64. The number of nitrogens with zero attached hydrogens (tertiary/aromatic N) is 1. The highest BCUT2D eigenvalue weighted by Gasteiger charge is 2.06. The Hall–Kier alpha value is -3.45. The van der Waals surface area contributed by atoms with Crippen LogP contribution in [0.1, 0.15) is 11.1 Å². The molecule has 0 fully saturated rings. The Labute approximate surface area is 186 Å². The minimum atomic E-state index is -0.281. The lowest BCUT2D eigenvalue weighted by Gasteiger charge is -2.11. The number of nitrogens with one attached hydrogen (secondary N) is 1. The number of carbonyl (C=O) groups is 1. The van der Waals surface area contributed by atoms with Gasteiger partial charge in [-0.1, -0.05) is 35.5 Å². The van der Waals surface area contributed by atoms with Crippen molar-refractivity contribution in [1.82, 2.24) is 0 Å². The van der Waals surface area contributed by atoms with Crippen LogP contribution in [0.3, 0.4) is 0 Å². The molecule has 0 bridgehead atoms. The Morgan fingerprint density at radius 3 is 2.52 bits per heavy atom.